The van der Waals surface area contributed by atoms with E-state index in [0.717, 1.165) is 5.56 Å². The van der Waals surface area contributed by atoms with Crippen LogP contribution >= 0.6 is 11.6 Å². The first-order chi connectivity index (χ1) is 8.22. The van der Waals surface area contributed by atoms with Crippen LogP contribution in [0.2, 0.25) is 0 Å². The van der Waals surface area contributed by atoms with Crippen molar-refractivity contribution in [3.63, 3.8) is 0 Å². The summed E-state index contributed by atoms with van der Waals surface area (Å²) < 4.78 is 5.38. The van der Waals surface area contributed by atoms with E-state index in [9.17, 15) is 0 Å². The molecule has 0 spiro atoms. The molecule has 0 atom stereocenters. The number of rotatable bonds is 6. The van der Waals surface area contributed by atoms with Crippen molar-refractivity contribution < 1.29 is 4.74 Å². The van der Waals surface area contributed by atoms with E-state index in [4.69, 9.17) is 21.7 Å². The Labute approximate surface area is 106 Å². The molecule has 17 heavy (non-hydrogen) atoms. The molecule has 0 saturated heterocycles. The molecule has 0 aliphatic heterocycles. The van der Waals surface area contributed by atoms with Crippen molar-refractivity contribution in [2.24, 2.45) is 4.99 Å². The molecule has 0 saturated carbocycles. The van der Waals surface area contributed by atoms with E-state index in [0.29, 0.717) is 17.5 Å². The molecule has 1 rings (SSSR count). The van der Waals surface area contributed by atoms with Gasteiger partial charge in [0.2, 0.25) is 0 Å². The Morgan fingerprint density at radius 3 is 2.76 bits per heavy atom. The number of aliphatic imine (C=N–C) groups is 1. The van der Waals surface area contributed by atoms with E-state index in [1.807, 2.05) is 30.3 Å². The predicted molar refractivity (Wildman–Crippen MR) is 71.9 cm³/mol. The van der Waals surface area contributed by atoms with Gasteiger partial charge in [0.15, 0.2) is 0 Å². The van der Waals surface area contributed by atoms with Gasteiger partial charge in [-0.3, -0.25) is 0 Å². The minimum Gasteiger partial charge on any atom is -0.371 e. The van der Waals surface area contributed by atoms with Gasteiger partial charge < -0.3 is 10.1 Å². The number of benzene rings is 1. The van der Waals surface area contributed by atoms with Crippen LogP contribution in [-0.2, 0) is 11.3 Å². The van der Waals surface area contributed by atoms with Crippen molar-refractivity contribution >= 4 is 23.5 Å². The molecule has 4 heteroatoms. The fourth-order valence-electron chi connectivity index (χ4n) is 1.20. The van der Waals surface area contributed by atoms with Crippen LogP contribution in [0.1, 0.15) is 12.5 Å². The fourth-order valence-corrected chi connectivity index (χ4v) is 1.43. The van der Waals surface area contributed by atoms with E-state index in [1.54, 1.807) is 13.1 Å². The molecule has 0 heterocycles. The summed E-state index contributed by atoms with van der Waals surface area (Å²) in [6.07, 6.45) is 3.06. The highest BCUT2D eigenvalue weighted by Crippen LogP contribution is 2.03. The topological polar surface area (TPSA) is 45.4 Å². The third-order valence-electron chi connectivity index (χ3n) is 1.91. The molecule has 0 bridgehead atoms. The molecule has 0 aliphatic carbocycles. The van der Waals surface area contributed by atoms with Gasteiger partial charge >= 0.3 is 0 Å². The molecule has 0 radical (unpaired) electrons. The average Bonchev–Trinajstić information content (AvgIpc) is 2.30. The summed E-state index contributed by atoms with van der Waals surface area (Å²) in [6, 6.07) is 9.83. The predicted octanol–water partition coefficient (Wildman–Crippen LogP) is 3.39. The van der Waals surface area contributed by atoms with Gasteiger partial charge in [0.25, 0.3) is 0 Å². The third kappa shape index (κ3) is 6.00. The van der Waals surface area contributed by atoms with Gasteiger partial charge in [-0.1, -0.05) is 41.9 Å². The van der Waals surface area contributed by atoms with Crippen molar-refractivity contribution in [3.05, 3.63) is 47.1 Å². The van der Waals surface area contributed by atoms with Crippen LogP contribution in [0.15, 0.2) is 46.6 Å². The first-order valence-corrected chi connectivity index (χ1v) is 5.65. The summed E-state index contributed by atoms with van der Waals surface area (Å²) in [6.45, 7) is 2.49. The highest BCUT2D eigenvalue weighted by atomic mass is 35.5. The fraction of sp³-hybridized carbons (Fsp3) is 0.231. The lowest BCUT2D eigenvalue weighted by atomic mass is 10.2. The molecule has 3 nitrogen and oxygen atoms in total. The molecule has 0 unspecified atom stereocenters. The van der Waals surface area contributed by atoms with Gasteiger partial charge in [-0.2, -0.15) is 0 Å². The molecular weight excluding hydrogens is 236 g/mol. The second-order valence-corrected chi connectivity index (χ2v) is 3.75. The van der Waals surface area contributed by atoms with Crippen LogP contribution in [0.25, 0.3) is 0 Å². The van der Waals surface area contributed by atoms with Gasteiger partial charge in [0, 0.05) is 6.21 Å². The highest BCUT2D eigenvalue weighted by molar-refractivity contribution is 6.31. The maximum atomic E-state index is 7.60. The summed E-state index contributed by atoms with van der Waals surface area (Å²) in [5, 5.41) is 7.90. The van der Waals surface area contributed by atoms with Crippen molar-refractivity contribution in [1.29, 1.82) is 5.41 Å². The summed E-state index contributed by atoms with van der Waals surface area (Å²) in [4.78, 5) is 3.84. The van der Waals surface area contributed by atoms with E-state index in [1.165, 1.54) is 6.08 Å². The lowest BCUT2D eigenvalue weighted by Gasteiger charge is -2.03. The molecular formula is C13H15ClN2O. The Balaban J connectivity index is 2.32. The van der Waals surface area contributed by atoms with E-state index in [2.05, 4.69) is 4.99 Å². The van der Waals surface area contributed by atoms with E-state index >= 15 is 0 Å². The standard InChI is InChI=1S/C13H15ClN2O/c1-2-16-13(14)8-12(15)10-17-9-11-6-4-3-5-7-11/h2-8,15H,9-10H2,1H3/b13-8-,15-12?,16-2?. The molecule has 0 fully saturated rings. The molecule has 1 N–H and O–H groups in total. The summed E-state index contributed by atoms with van der Waals surface area (Å²) in [7, 11) is 0. The zero-order valence-electron chi connectivity index (χ0n) is 9.69. The number of hydrogen-bond acceptors (Lipinski definition) is 3. The maximum absolute atomic E-state index is 7.60. The average molecular weight is 251 g/mol. The highest BCUT2D eigenvalue weighted by Gasteiger charge is 1.96. The Hall–Kier alpha value is -1.45. The van der Waals surface area contributed by atoms with Crippen LogP contribution in [0.3, 0.4) is 0 Å². The van der Waals surface area contributed by atoms with Crippen molar-refractivity contribution in [1.82, 2.24) is 0 Å². The molecule has 0 amide bonds. The first-order valence-electron chi connectivity index (χ1n) is 5.27. The quantitative estimate of drug-likeness (QED) is 0.610. The van der Waals surface area contributed by atoms with E-state index < -0.39 is 0 Å². The lowest BCUT2D eigenvalue weighted by Crippen LogP contribution is -2.05. The van der Waals surface area contributed by atoms with Crippen molar-refractivity contribution in [2.75, 3.05) is 6.61 Å². The van der Waals surface area contributed by atoms with Gasteiger partial charge in [-0.15, -0.1) is 0 Å². The zero-order valence-corrected chi connectivity index (χ0v) is 10.4. The number of nitrogens with zero attached hydrogens (tertiary/aromatic N) is 1. The molecule has 1 aromatic carbocycles. The molecule has 90 valence electrons. The number of hydrogen-bond donors (Lipinski definition) is 1. The van der Waals surface area contributed by atoms with Crippen molar-refractivity contribution in [2.45, 2.75) is 13.5 Å². The van der Waals surface area contributed by atoms with Gasteiger partial charge in [-0.05, 0) is 18.6 Å². The minimum absolute atomic E-state index is 0.227. The molecule has 1 aromatic rings. The summed E-state index contributed by atoms with van der Waals surface area (Å²) in [5.74, 6) is 0. The SMILES string of the molecule is CC=N/C(Cl)=C\C(=N)COCc1ccccc1. The third-order valence-corrected chi connectivity index (χ3v) is 2.12. The van der Waals surface area contributed by atoms with E-state index in [-0.39, 0.29) is 6.61 Å². The Morgan fingerprint density at radius 1 is 1.41 bits per heavy atom. The summed E-state index contributed by atoms with van der Waals surface area (Å²) in [5.41, 5.74) is 1.39. The van der Waals surface area contributed by atoms with Gasteiger partial charge in [-0.25, -0.2) is 4.99 Å². The Morgan fingerprint density at radius 2 is 2.12 bits per heavy atom. The maximum Gasteiger partial charge on any atom is 0.130 e. The number of nitrogens with one attached hydrogen (secondary N) is 1. The largest absolute Gasteiger partial charge is 0.371 e. The second kappa shape index (κ2) is 7.76. The monoisotopic (exact) mass is 250 g/mol. The molecule has 0 aromatic heterocycles. The van der Waals surface area contributed by atoms with Crippen LogP contribution < -0.4 is 0 Å². The Kier molecular flexibility index (Phi) is 6.22. The minimum atomic E-state index is 0.227. The molecule has 0 aliphatic rings. The second-order valence-electron chi connectivity index (χ2n) is 3.36. The lowest BCUT2D eigenvalue weighted by molar-refractivity contribution is 0.158. The zero-order chi connectivity index (χ0) is 12.5. The first kappa shape index (κ1) is 13.6. The van der Waals surface area contributed by atoms with Gasteiger partial charge in [0.05, 0.1) is 18.9 Å². The van der Waals surface area contributed by atoms with Crippen molar-refractivity contribution in [3.8, 4) is 0 Å². The number of halogens is 1. The van der Waals surface area contributed by atoms with Crippen LogP contribution in [0.5, 0.6) is 0 Å². The number of ether oxygens (including phenoxy) is 1. The van der Waals surface area contributed by atoms with Crippen LogP contribution in [0, 0.1) is 5.41 Å². The Bertz CT molecular complexity index is 413. The normalized spacial score (nSPS) is 12.0. The van der Waals surface area contributed by atoms with Crippen LogP contribution in [-0.4, -0.2) is 18.5 Å². The summed E-state index contributed by atoms with van der Waals surface area (Å²) >= 11 is 5.74. The van der Waals surface area contributed by atoms with Gasteiger partial charge in [0.1, 0.15) is 5.16 Å². The smallest absolute Gasteiger partial charge is 0.130 e. The van der Waals surface area contributed by atoms with Crippen LogP contribution in [0.4, 0.5) is 0 Å².